The van der Waals surface area contributed by atoms with Crippen molar-refractivity contribution in [2.45, 2.75) is 45.6 Å². The second-order valence-corrected chi connectivity index (χ2v) is 4.57. The highest BCUT2D eigenvalue weighted by Gasteiger charge is 2.30. The largest absolute Gasteiger partial charge is 0.381 e. The molecule has 0 aliphatic heterocycles. The minimum absolute atomic E-state index is 0.665. The van der Waals surface area contributed by atoms with Crippen LogP contribution >= 0.6 is 0 Å². The Morgan fingerprint density at radius 1 is 1.53 bits per heavy atom. The van der Waals surface area contributed by atoms with Crippen LogP contribution in [0.1, 0.15) is 38.2 Å². The predicted molar refractivity (Wildman–Crippen MR) is 64.0 cm³/mol. The first-order valence-corrected chi connectivity index (χ1v) is 5.98. The Bertz CT molecular complexity index is 318. The summed E-state index contributed by atoms with van der Waals surface area (Å²) in [5, 5.41) is 3.65. The smallest absolute Gasteiger partial charge is 0.0558 e. The summed E-state index contributed by atoms with van der Waals surface area (Å²) in [4.78, 5) is 4.18. The lowest BCUT2D eigenvalue weighted by molar-refractivity contribution is 0.577. The quantitative estimate of drug-likeness (QED) is 0.795. The van der Waals surface area contributed by atoms with E-state index in [2.05, 4.69) is 30.2 Å². The van der Waals surface area contributed by atoms with Crippen molar-refractivity contribution < 1.29 is 0 Å². The van der Waals surface area contributed by atoms with Crippen molar-refractivity contribution in [1.29, 1.82) is 0 Å². The van der Waals surface area contributed by atoms with Gasteiger partial charge >= 0.3 is 0 Å². The summed E-state index contributed by atoms with van der Waals surface area (Å²) in [5.41, 5.74) is 2.51. The van der Waals surface area contributed by atoms with Gasteiger partial charge in [0.05, 0.1) is 11.9 Å². The van der Waals surface area contributed by atoms with Crippen LogP contribution in [0.2, 0.25) is 0 Å². The minimum Gasteiger partial charge on any atom is -0.381 e. The van der Waals surface area contributed by atoms with Gasteiger partial charge in [-0.05, 0) is 43.7 Å². The second-order valence-electron chi connectivity index (χ2n) is 4.57. The van der Waals surface area contributed by atoms with E-state index in [1.54, 1.807) is 0 Å². The Kier molecular flexibility index (Phi) is 3.24. The molecule has 1 heterocycles. The number of nitrogens with zero attached hydrogens (tertiary/aromatic N) is 1. The Morgan fingerprint density at radius 3 is 2.93 bits per heavy atom. The van der Waals surface area contributed by atoms with Crippen LogP contribution in [-0.4, -0.2) is 11.0 Å². The zero-order valence-corrected chi connectivity index (χ0v) is 9.66. The first-order chi connectivity index (χ1) is 7.31. The molecule has 1 unspecified atom stereocenters. The van der Waals surface area contributed by atoms with Gasteiger partial charge in [0.15, 0.2) is 0 Å². The van der Waals surface area contributed by atoms with Crippen LogP contribution in [0.3, 0.4) is 0 Å². The van der Waals surface area contributed by atoms with E-state index in [0.717, 1.165) is 5.92 Å². The Labute approximate surface area is 92.1 Å². The van der Waals surface area contributed by atoms with Gasteiger partial charge in [-0.25, -0.2) is 0 Å². The van der Waals surface area contributed by atoms with Crippen molar-refractivity contribution in [3.63, 3.8) is 0 Å². The van der Waals surface area contributed by atoms with Crippen molar-refractivity contribution in [3.8, 4) is 0 Å². The van der Waals surface area contributed by atoms with Gasteiger partial charge in [0.25, 0.3) is 0 Å². The SMILES string of the molecule is CCCC(Nc1cnccc1C)C1CC1. The van der Waals surface area contributed by atoms with Crippen LogP contribution in [0, 0.1) is 12.8 Å². The van der Waals surface area contributed by atoms with Gasteiger partial charge in [-0.15, -0.1) is 0 Å². The highest BCUT2D eigenvalue weighted by atomic mass is 14.9. The molecule has 1 N–H and O–H groups in total. The van der Waals surface area contributed by atoms with Gasteiger partial charge in [0.1, 0.15) is 0 Å². The van der Waals surface area contributed by atoms with Crippen molar-refractivity contribution in [1.82, 2.24) is 4.98 Å². The fourth-order valence-electron chi connectivity index (χ4n) is 2.05. The lowest BCUT2D eigenvalue weighted by Gasteiger charge is -2.19. The molecule has 2 rings (SSSR count). The maximum absolute atomic E-state index is 4.18. The number of rotatable bonds is 5. The zero-order valence-electron chi connectivity index (χ0n) is 9.66. The average molecular weight is 204 g/mol. The molecule has 82 valence electrons. The minimum atomic E-state index is 0.665. The van der Waals surface area contributed by atoms with E-state index in [-0.39, 0.29) is 0 Å². The van der Waals surface area contributed by atoms with E-state index in [0.29, 0.717) is 6.04 Å². The fraction of sp³-hybridized carbons (Fsp3) is 0.615. The molecule has 1 aromatic rings. The van der Waals surface area contributed by atoms with Gasteiger partial charge in [0, 0.05) is 12.2 Å². The highest BCUT2D eigenvalue weighted by molar-refractivity contribution is 5.49. The van der Waals surface area contributed by atoms with Crippen molar-refractivity contribution in [2.75, 3.05) is 5.32 Å². The molecule has 1 fully saturated rings. The van der Waals surface area contributed by atoms with E-state index in [9.17, 15) is 0 Å². The number of aryl methyl sites for hydroxylation is 1. The molecule has 1 atom stereocenters. The summed E-state index contributed by atoms with van der Waals surface area (Å²) < 4.78 is 0. The summed E-state index contributed by atoms with van der Waals surface area (Å²) in [6.45, 7) is 4.40. The van der Waals surface area contributed by atoms with Gasteiger partial charge in [-0.1, -0.05) is 13.3 Å². The Hall–Kier alpha value is -1.05. The monoisotopic (exact) mass is 204 g/mol. The van der Waals surface area contributed by atoms with Crippen LogP contribution in [0.5, 0.6) is 0 Å². The molecule has 0 saturated heterocycles. The molecule has 0 radical (unpaired) electrons. The standard InChI is InChI=1S/C13H20N2/c1-3-4-12(11-5-6-11)15-13-9-14-8-7-10(13)2/h7-9,11-12,15H,3-6H2,1-2H3. The van der Waals surface area contributed by atoms with Gasteiger partial charge in [-0.3, -0.25) is 4.98 Å². The number of aromatic nitrogens is 1. The third-order valence-corrected chi connectivity index (χ3v) is 3.17. The Morgan fingerprint density at radius 2 is 2.33 bits per heavy atom. The second kappa shape index (κ2) is 4.65. The van der Waals surface area contributed by atoms with Gasteiger partial charge in [0.2, 0.25) is 0 Å². The summed E-state index contributed by atoms with van der Waals surface area (Å²) in [6.07, 6.45) is 9.13. The maximum atomic E-state index is 4.18. The maximum Gasteiger partial charge on any atom is 0.0558 e. The Balaban J connectivity index is 2.02. The molecule has 1 saturated carbocycles. The first-order valence-electron chi connectivity index (χ1n) is 5.98. The topological polar surface area (TPSA) is 24.9 Å². The number of hydrogen-bond acceptors (Lipinski definition) is 2. The van der Waals surface area contributed by atoms with E-state index in [1.165, 1.54) is 36.9 Å². The lowest BCUT2D eigenvalue weighted by atomic mass is 10.1. The number of pyridine rings is 1. The molecular weight excluding hydrogens is 184 g/mol. The molecule has 0 bridgehead atoms. The fourth-order valence-corrected chi connectivity index (χ4v) is 2.05. The van der Waals surface area contributed by atoms with E-state index in [4.69, 9.17) is 0 Å². The molecule has 2 nitrogen and oxygen atoms in total. The van der Waals surface area contributed by atoms with E-state index < -0.39 is 0 Å². The number of nitrogens with one attached hydrogen (secondary N) is 1. The molecular formula is C13H20N2. The molecule has 1 aromatic heterocycles. The molecule has 0 amide bonds. The molecule has 1 aliphatic rings. The van der Waals surface area contributed by atoms with E-state index >= 15 is 0 Å². The van der Waals surface area contributed by atoms with Crippen LogP contribution in [0.15, 0.2) is 18.5 Å². The van der Waals surface area contributed by atoms with Crippen molar-refractivity contribution >= 4 is 5.69 Å². The molecule has 0 aromatic carbocycles. The summed E-state index contributed by atoms with van der Waals surface area (Å²) in [5.74, 6) is 0.907. The zero-order chi connectivity index (χ0) is 10.7. The highest BCUT2D eigenvalue weighted by Crippen LogP contribution is 2.36. The number of hydrogen-bond donors (Lipinski definition) is 1. The molecule has 1 aliphatic carbocycles. The third kappa shape index (κ3) is 2.71. The van der Waals surface area contributed by atoms with Crippen molar-refractivity contribution in [2.24, 2.45) is 5.92 Å². The van der Waals surface area contributed by atoms with Gasteiger partial charge in [-0.2, -0.15) is 0 Å². The van der Waals surface area contributed by atoms with Crippen molar-refractivity contribution in [3.05, 3.63) is 24.0 Å². The van der Waals surface area contributed by atoms with E-state index in [1.807, 2.05) is 12.4 Å². The normalized spacial score (nSPS) is 17.5. The van der Waals surface area contributed by atoms with Crippen LogP contribution in [0.25, 0.3) is 0 Å². The lowest BCUT2D eigenvalue weighted by Crippen LogP contribution is -2.22. The third-order valence-electron chi connectivity index (χ3n) is 3.17. The average Bonchev–Trinajstić information content (AvgIpc) is 3.04. The van der Waals surface area contributed by atoms with Crippen LogP contribution in [-0.2, 0) is 0 Å². The van der Waals surface area contributed by atoms with Crippen LogP contribution in [0.4, 0.5) is 5.69 Å². The molecule has 15 heavy (non-hydrogen) atoms. The summed E-state index contributed by atoms with van der Waals surface area (Å²) >= 11 is 0. The predicted octanol–water partition coefficient (Wildman–Crippen LogP) is 3.38. The summed E-state index contributed by atoms with van der Waals surface area (Å²) in [7, 11) is 0. The first kappa shape index (κ1) is 10.5. The van der Waals surface area contributed by atoms with Crippen LogP contribution < -0.4 is 5.32 Å². The summed E-state index contributed by atoms with van der Waals surface area (Å²) in [6, 6.07) is 2.73. The number of anilines is 1. The molecule has 0 spiro atoms. The molecule has 2 heteroatoms. The van der Waals surface area contributed by atoms with Gasteiger partial charge < -0.3 is 5.32 Å².